The third-order valence-corrected chi connectivity index (χ3v) is 0. The Morgan fingerprint density at radius 3 is 1.33 bits per heavy atom. The smallest absolute Gasteiger partial charge is 0 e. The molecule has 0 nitrogen and oxygen atoms in total. The van der Waals surface area contributed by atoms with Crippen LogP contribution in [0.2, 0.25) is 0 Å². The summed E-state index contributed by atoms with van der Waals surface area (Å²) < 4.78 is 0. The van der Waals surface area contributed by atoms with Crippen molar-refractivity contribution < 1.29 is 32.7 Å². The average Bonchev–Trinajstić information content (AvgIpc) is 1.46. The Kier molecular flexibility index (Phi) is 106. The van der Waals surface area contributed by atoms with Crippen LogP contribution in [0.15, 0.2) is 12.7 Å². The first-order valence-electron chi connectivity index (χ1n) is 1.99. The van der Waals surface area contributed by atoms with Gasteiger partial charge < -0.3 is 0 Å². The molecular weight excluding hydrogens is 149 g/mol. The van der Waals surface area contributed by atoms with Crippen LogP contribution in [0.1, 0.15) is 20.8 Å². The number of rotatable bonds is 0. The number of hydrogen-bond acceptors (Lipinski definition) is 0. The van der Waals surface area contributed by atoms with E-state index < -0.39 is 0 Å². The fraction of sp³-hybridized carbons (Fsp3) is 0.600. The van der Waals surface area contributed by atoms with E-state index in [1.807, 2.05) is 20.8 Å². The zero-order chi connectivity index (χ0) is 4.71. The molecule has 0 rings (SSSR count). The molecule has 0 saturated carbocycles. The molecule has 0 aliphatic heterocycles. The van der Waals surface area contributed by atoms with Gasteiger partial charge in [0, 0.05) is 32.7 Å². The second-order valence-corrected chi connectivity index (χ2v) is 0.408. The van der Waals surface area contributed by atoms with Crippen LogP contribution in [-0.2, 0) is 32.7 Å². The number of hydrogen-bond donors (Lipinski definition) is 0. The van der Waals surface area contributed by atoms with Gasteiger partial charge in [-0.05, 0) is 6.92 Å². The molecule has 1 radical (unpaired) electrons. The van der Waals surface area contributed by atoms with E-state index in [-0.39, 0.29) is 32.7 Å². The van der Waals surface area contributed by atoms with Crippen molar-refractivity contribution in [2.75, 3.05) is 0 Å². The summed E-state index contributed by atoms with van der Waals surface area (Å²) in [6, 6.07) is 0. The van der Waals surface area contributed by atoms with Gasteiger partial charge in [-0.25, -0.2) is 0 Å². The molecule has 6 heavy (non-hydrogen) atoms. The molecule has 0 aromatic carbocycles. The molecule has 0 unspecified atom stereocenters. The van der Waals surface area contributed by atoms with Crippen molar-refractivity contribution in [2.45, 2.75) is 20.8 Å². The van der Waals surface area contributed by atoms with E-state index in [1.54, 1.807) is 6.08 Å². The van der Waals surface area contributed by atoms with Crippen molar-refractivity contribution >= 4 is 0 Å². The molecule has 0 aliphatic rings. The minimum atomic E-state index is 0. The van der Waals surface area contributed by atoms with Crippen molar-refractivity contribution in [1.82, 2.24) is 0 Å². The first-order valence-corrected chi connectivity index (χ1v) is 1.99. The minimum absolute atomic E-state index is 0. The quantitative estimate of drug-likeness (QED) is 0.478. The van der Waals surface area contributed by atoms with Crippen molar-refractivity contribution in [3.8, 4) is 0 Å². The maximum Gasteiger partial charge on any atom is 0 e. The molecular formula is C5H12Y. The maximum atomic E-state index is 3.36. The molecule has 0 N–H and O–H groups in total. The van der Waals surface area contributed by atoms with Gasteiger partial charge in [-0.1, -0.05) is 19.9 Å². The van der Waals surface area contributed by atoms with Crippen LogP contribution in [0.3, 0.4) is 0 Å². The molecule has 0 atom stereocenters. The summed E-state index contributed by atoms with van der Waals surface area (Å²) in [5, 5.41) is 0. The Morgan fingerprint density at radius 1 is 1.33 bits per heavy atom. The topological polar surface area (TPSA) is 0 Å². The fourth-order valence-electron chi connectivity index (χ4n) is 0. The van der Waals surface area contributed by atoms with Gasteiger partial charge >= 0.3 is 0 Å². The van der Waals surface area contributed by atoms with Gasteiger partial charge in [0.25, 0.3) is 0 Å². The van der Waals surface area contributed by atoms with Crippen molar-refractivity contribution in [2.24, 2.45) is 0 Å². The van der Waals surface area contributed by atoms with Gasteiger partial charge in [0.05, 0.1) is 0 Å². The molecule has 0 saturated heterocycles. The summed E-state index contributed by atoms with van der Waals surface area (Å²) in [5.74, 6) is 0. The molecule has 1 heteroatoms. The third kappa shape index (κ3) is 100. The molecule has 0 spiro atoms. The normalized spacial score (nSPS) is 3.17. The molecule has 0 heterocycles. The summed E-state index contributed by atoms with van der Waals surface area (Å²) >= 11 is 0. The minimum Gasteiger partial charge on any atom is -0.103 e. The van der Waals surface area contributed by atoms with Gasteiger partial charge in [0.15, 0.2) is 0 Å². The van der Waals surface area contributed by atoms with Crippen molar-refractivity contribution in [1.29, 1.82) is 0 Å². The van der Waals surface area contributed by atoms with Crippen LogP contribution in [0.5, 0.6) is 0 Å². The van der Waals surface area contributed by atoms with Crippen LogP contribution in [-0.4, -0.2) is 0 Å². The zero-order valence-electron chi connectivity index (χ0n) is 4.86. The Bertz CT molecular complexity index is 11.4. The van der Waals surface area contributed by atoms with E-state index >= 15 is 0 Å². The molecule has 0 bridgehead atoms. The van der Waals surface area contributed by atoms with Gasteiger partial charge in [-0.15, -0.1) is 6.58 Å². The van der Waals surface area contributed by atoms with E-state index in [1.165, 1.54) is 0 Å². The Morgan fingerprint density at radius 2 is 1.33 bits per heavy atom. The van der Waals surface area contributed by atoms with Crippen LogP contribution in [0.25, 0.3) is 0 Å². The molecule has 0 amide bonds. The van der Waals surface area contributed by atoms with E-state index in [0.717, 1.165) is 0 Å². The largest absolute Gasteiger partial charge is 0.103 e. The first-order chi connectivity index (χ1) is 2.41. The van der Waals surface area contributed by atoms with Gasteiger partial charge in [0.1, 0.15) is 0 Å². The standard InChI is InChI=1S/C3H6.C2H6.Y/c1-3-2;1-2;/h3H,1H2,2H3;1-2H3;. The monoisotopic (exact) mass is 161 g/mol. The van der Waals surface area contributed by atoms with Crippen LogP contribution in [0, 0.1) is 0 Å². The third-order valence-electron chi connectivity index (χ3n) is 0. The molecule has 0 aromatic heterocycles. The van der Waals surface area contributed by atoms with E-state index in [0.29, 0.717) is 0 Å². The van der Waals surface area contributed by atoms with E-state index in [9.17, 15) is 0 Å². The van der Waals surface area contributed by atoms with E-state index in [2.05, 4.69) is 6.58 Å². The maximum absolute atomic E-state index is 3.36. The molecule has 0 aliphatic carbocycles. The Balaban J connectivity index is -0.0000000275. The number of allylic oxidation sites excluding steroid dienone is 1. The van der Waals surface area contributed by atoms with Crippen LogP contribution >= 0.6 is 0 Å². The summed E-state index contributed by atoms with van der Waals surface area (Å²) in [6.45, 7) is 9.25. The average molecular weight is 161 g/mol. The SMILES string of the molecule is C=CC.CC.[Y]. The summed E-state index contributed by atoms with van der Waals surface area (Å²) in [6.07, 6.45) is 1.75. The molecule has 0 fully saturated rings. The predicted octanol–water partition coefficient (Wildman–Crippen LogP) is 2.22. The summed E-state index contributed by atoms with van der Waals surface area (Å²) in [7, 11) is 0. The van der Waals surface area contributed by atoms with Gasteiger partial charge in [0.2, 0.25) is 0 Å². The van der Waals surface area contributed by atoms with Crippen LogP contribution < -0.4 is 0 Å². The van der Waals surface area contributed by atoms with Crippen molar-refractivity contribution in [3.63, 3.8) is 0 Å². The summed E-state index contributed by atoms with van der Waals surface area (Å²) in [5.41, 5.74) is 0. The molecule has 0 aromatic rings. The fourth-order valence-corrected chi connectivity index (χ4v) is 0. The Hall–Kier alpha value is 0.844. The zero-order valence-corrected chi connectivity index (χ0v) is 7.70. The van der Waals surface area contributed by atoms with Gasteiger partial charge in [-0.3, -0.25) is 0 Å². The summed E-state index contributed by atoms with van der Waals surface area (Å²) in [4.78, 5) is 0. The van der Waals surface area contributed by atoms with Crippen molar-refractivity contribution in [3.05, 3.63) is 12.7 Å². The first kappa shape index (κ1) is 15.8. The van der Waals surface area contributed by atoms with Crippen LogP contribution in [0.4, 0.5) is 0 Å². The van der Waals surface area contributed by atoms with E-state index in [4.69, 9.17) is 0 Å². The van der Waals surface area contributed by atoms with Gasteiger partial charge in [-0.2, -0.15) is 0 Å². The Labute approximate surface area is 65.9 Å². The second-order valence-electron chi connectivity index (χ2n) is 0.408. The molecule has 35 valence electrons. The predicted molar refractivity (Wildman–Crippen MR) is 27.2 cm³/mol. The second kappa shape index (κ2) is 40.3.